The van der Waals surface area contributed by atoms with Crippen molar-refractivity contribution < 1.29 is 12.8 Å². The Morgan fingerprint density at radius 2 is 2.21 bits per heavy atom. The minimum Gasteiger partial charge on any atom is -0.395 e. The number of hydrogen-bond donors (Lipinski definition) is 3. The van der Waals surface area contributed by atoms with Gasteiger partial charge in [-0.1, -0.05) is 6.07 Å². The van der Waals surface area contributed by atoms with E-state index in [1.807, 2.05) is 0 Å². The summed E-state index contributed by atoms with van der Waals surface area (Å²) in [5.74, 6) is -0.215. The van der Waals surface area contributed by atoms with Crippen molar-refractivity contribution in [3.05, 3.63) is 36.2 Å². The summed E-state index contributed by atoms with van der Waals surface area (Å²) in [4.78, 5) is 3.58. The molecule has 1 aromatic heterocycles. The summed E-state index contributed by atoms with van der Waals surface area (Å²) in [5.41, 5.74) is 5.02. The molecule has 0 spiro atoms. The van der Waals surface area contributed by atoms with Gasteiger partial charge < -0.3 is 5.73 Å². The number of nitrogen functional groups attached to an aromatic ring is 1. The van der Waals surface area contributed by atoms with Crippen molar-refractivity contribution in [1.82, 2.24) is 19.9 Å². The first-order chi connectivity index (χ1) is 9.00. The van der Waals surface area contributed by atoms with Crippen LogP contribution in [0.25, 0.3) is 0 Å². The molecule has 0 fully saturated rings. The van der Waals surface area contributed by atoms with Gasteiger partial charge in [0.25, 0.3) is 0 Å². The van der Waals surface area contributed by atoms with Crippen LogP contribution in [0.3, 0.4) is 0 Å². The maximum absolute atomic E-state index is 13.2. The maximum atomic E-state index is 13.2. The number of aromatic amines is 1. The monoisotopic (exact) mass is 285 g/mol. The van der Waals surface area contributed by atoms with Crippen LogP contribution in [0.4, 0.5) is 10.1 Å². The molecule has 0 radical (unpaired) electrons. The Bertz CT molecular complexity index is 657. The molecule has 4 N–H and O–H groups in total. The molecule has 7 nitrogen and oxygen atoms in total. The van der Waals surface area contributed by atoms with Crippen molar-refractivity contribution in [2.45, 2.75) is 11.3 Å². The van der Waals surface area contributed by atoms with E-state index in [2.05, 4.69) is 19.9 Å². The van der Waals surface area contributed by atoms with Gasteiger partial charge in [0.2, 0.25) is 10.0 Å². The fourth-order valence-corrected chi connectivity index (χ4v) is 2.66. The summed E-state index contributed by atoms with van der Waals surface area (Å²) in [6.07, 6.45) is 1.67. The molecular formula is C10H12FN5O2S. The number of para-hydroxylation sites is 1. The van der Waals surface area contributed by atoms with Gasteiger partial charge in [-0.05, 0) is 12.1 Å². The Kier molecular flexibility index (Phi) is 3.76. The van der Waals surface area contributed by atoms with Crippen molar-refractivity contribution in [3.8, 4) is 0 Å². The summed E-state index contributed by atoms with van der Waals surface area (Å²) in [6, 6.07) is 3.63. The highest BCUT2D eigenvalue weighted by molar-refractivity contribution is 7.89. The Balaban J connectivity index is 2.08. The smallest absolute Gasteiger partial charge is 0.242 e. The predicted octanol–water partition coefficient (Wildman–Crippen LogP) is 0.0470. The third-order valence-electron chi connectivity index (χ3n) is 2.42. The van der Waals surface area contributed by atoms with E-state index in [0.29, 0.717) is 12.2 Å². The fraction of sp³-hybridized carbons (Fsp3) is 0.200. The highest BCUT2D eigenvalue weighted by atomic mass is 32.2. The van der Waals surface area contributed by atoms with Crippen LogP contribution in [0.1, 0.15) is 5.82 Å². The number of benzene rings is 1. The predicted molar refractivity (Wildman–Crippen MR) is 66.1 cm³/mol. The minimum absolute atomic E-state index is 0.105. The molecule has 102 valence electrons. The zero-order valence-electron chi connectivity index (χ0n) is 9.80. The number of H-pyrrole nitrogens is 1. The Morgan fingerprint density at radius 3 is 2.89 bits per heavy atom. The first-order valence-corrected chi connectivity index (χ1v) is 6.87. The van der Waals surface area contributed by atoms with Crippen molar-refractivity contribution in [2.75, 3.05) is 12.3 Å². The molecule has 1 aromatic carbocycles. The third-order valence-corrected chi connectivity index (χ3v) is 3.94. The van der Waals surface area contributed by atoms with Crippen molar-refractivity contribution >= 4 is 15.7 Å². The summed E-state index contributed by atoms with van der Waals surface area (Å²) >= 11 is 0. The second kappa shape index (κ2) is 5.33. The maximum Gasteiger partial charge on any atom is 0.242 e. The lowest BCUT2D eigenvalue weighted by Gasteiger charge is -2.08. The minimum atomic E-state index is -3.84. The van der Waals surface area contributed by atoms with Crippen LogP contribution in [0.15, 0.2) is 29.4 Å². The van der Waals surface area contributed by atoms with Gasteiger partial charge in [-0.3, -0.25) is 5.10 Å². The summed E-state index contributed by atoms with van der Waals surface area (Å²) in [7, 11) is -3.84. The summed E-state index contributed by atoms with van der Waals surface area (Å²) in [5, 5.41) is 6.24. The van der Waals surface area contributed by atoms with Crippen LogP contribution in [0, 0.1) is 5.82 Å². The molecule has 9 heteroatoms. The topological polar surface area (TPSA) is 114 Å². The van der Waals surface area contributed by atoms with E-state index < -0.39 is 21.5 Å². The first kappa shape index (κ1) is 13.4. The van der Waals surface area contributed by atoms with Gasteiger partial charge in [0.05, 0.1) is 5.69 Å². The summed E-state index contributed by atoms with van der Waals surface area (Å²) in [6.45, 7) is 0.105. The fourth-order valence-electron chi connectivity index (χ4n) is 1.48. The largest absolute Gasteiger partial charge is 0.395 e. The molecule has 0 aliphatic heterocycles. The van der Waals surface area contributed by atoms with E-state index in [4.69, 9.17) is 5.73 Å². The van der Waals surface area contributed by atoms with Crippen molar-refractivity contribution in [3.63, 3.8) is 0 Å². The lowest BCUT2D eigenvalue weighted by Crippen LogP contribution is -2.27. The third kappa shape index (κ3) is 3.06. The van der Waals surface area contributed by atoms with Gasteiger partial charge in [-0.2, -0.15) is 5.10 Å². The van der Waals surface area contributed by atoms with Crippen LogP contribution in [-0.2, 0) is 16.4 Å². The Hall–Kier alpha value is -2.00. The number of sulfonamides is 1. The number of rotatable bonds is 5. The van der Waals surface area contributed by atoms with Crippen molar-refractivity contribution in [1.29, 1.82) is 0 Å². The molecule has 2 rings (SSSR count). The van der Waals surface area contributed by atoms with Crippen LogP contribution in [0.2, 0.25) is 0 Å². The van der Waals surface area contributed by atoms with E-state index in [1.54, 1.807) is 0 Å². The van der Waals surface area contributed by atoms with E-state index in [1.165, 1.54) is 18.5 Å². The normalized spacial score (nSPS) is 11.6. The number of anilines is 1. The number of halogens is 1. The van der Waals surface area contributed by atoms with E-state index in [0.717, 1.165) is 6.07 Å². The molecule has 0 bridgehead atoms. The van der Waals surface area contributed by atoms with Crippen molar-refractivity contribution in [2.24, 2.45) is 0 Å². The second-order valence-electron chi connectivity index (χ2n) is 3.73. The first-order valence-electron chi connectivity index (χ1n) is 5.38. The molecule has 0 saturated carbocycles. The number of hydrogen-bond acceptors (Lipinski definition) is 5. The zero-order chi connectivity index (χ0) is 13.9. The second-order valence-corrected chi connectivity index (χ2v) is 5.47. The number of nitrogens with two attached hydrogens (primary N) is 1. The molecule has 0 aliphatic rings. The molecule has 2 aromatic rings. The van der Waals surface area contributed by atoms with E-state index >= 15 is 0 Å². The molecular weight excluding hydrogens is 273 g/mol. The van der Waals surface area contributed by atoms with Gasteiger partial charge in [-0.25, -0.2) is 22.5 Å². The standard InChI is InChI=1S/C10H12FN5O2S/c11-7-2-1-3-8(10(7)12)19(17,18)15-5-4-9-13-6-14-16-9/h1-3,6,15H,4-5,12H2,(H,13,14,16). The highest BCUT2D eigenvalue weighted by Crippen LogP contribution is 2.20. The molecule has 1 heterocycles. The molecule has 0 amide bonds. The Morgan fingerprint density at radius 1 is 1.42 bits per heavy atom. The van der Waals surface area contributed by atoms with E-state index in [-0.39, 0.29) is 11.4 Å². The summed E-state index contributed by atoms with van der Waals surface area (Å²) < 4.78 is 39.4. The van der Waals surface area contributed by atoms with Crippen LogP contribution in [-0.4, -0.2) is 30.1 Å². The van der Waals surface area contributed by atoms with Gasteiger partial charge in [-0.15, -0.1) is 0 Å². The van der Waals surface area contributed by atoms with Gasteiger partial charge >= 0.3 is 0 Å². The number of aromatic nitrogens is 3. The Labute approximate surface area is 109 Å². The lowest BCUT2D eigenvalue weighted by atomic mass is 10.3. The zero-order valence-corrected chi connectivity index (χ0v) is 10.6. The molecule has 0 atom stereocenters. The van der Waals surface area contributed by atoms with Gasteiger partial charge in [0.15, 0.2) is 0 Å². The number of nitrogens with one attached hydrogen (secondary N) is 2. The average Bonchev–Trinajstić information content (AvgIpc) is 2.85. The number of nitrogens with zero attached hydrogens (tertiary/aromatic N) is 2. The lowest BCUT2D eigenvalue weighted by molar-refractivity contribution is 0.578. The molecule has 19 heavy (non-hydrogen) atoms. The molecule has 0 unspecified atom stereocenters. The van der Waals surface area contributed by atoms with Crippen LogP contribution >= 0.6 is 0 Å². The average molecular weight is 285 g/mol. The molecule has 0 aliphatic carbocycles. The quantitative estimate of drug-likeness (QED) is 0.671. The van der Waals surface area contributed by atoms with Crippen LogP contribution < -0.4 is 10.5 Å². The van der Waals surface area contributed by atoms with Gasteiger partial charge in [0, 0.05) is 13.0 Å². The highest BCUT2D eigenvalue weighted by Gasteiger charge is 2.18. The SMILES string of the molecule is Nc1c(F)cccc1S(=O)(=O)NCCc1ncn[nH]1. The van der Waals surface area contributed by atoms with E-state index in [9.17, 15) is 12.8 Å². The molecule has 0 saturated heterocycles. The van der Waals surface area contributed by atoms with Gasteiger partial charge in [0.1, 0.15) is 22.9 Å². The van der Waals surface area contributed by atoms with Crippen LogP contribution in [0.5, 0.6) is 0 Å².